The van der Waals surface area contributed by atoms with Crippen molar-refractivity contribution in [1.29, 1.82) is 0 Å². The van der Waals surface area contributed by atoms with E-state index >= 15 is 0 Å². The lowest BCUT2D eigenvalue weighted by Crippen LogP contribution is -2.60. The highest BCUT2D eigenvalue weighted by Crippen LogP contribution is 2.24. The Balaban J connectivity index is 2.22. The van der Waals surface area contributed by atoms with E-state index in [0.717, 1.165) is 44.9 Å². The van der Waals surface area contributed by atoms with Crippen molar-refractivity contribution >= 4 is 5.91 Å². The van der Waals surface area contributed by atoms with Crippen molar-refractivity contribution in [2.45, 2.75) is 409 Å². The lowest BCUT2D eigenvalue weighted by molar-refractivity contribution is -0.303. The monoisotopic (exact) mass is 1190 g/mol. The van der Waals surface area contributed by atoms with Crippen LogP contribution in [0.4, 0.5) is 0 Å². The minimum absolute atomic E-state index is 0.243. The maximum Gasteiger partial charge on any atom is 0.249 e. The fourth-order valence-corrected chi connectivity index (χ4v) is 11.8. The predicted octanol–water partition coefficient (Wildman–Crippen LogP) is 17.8. The summed E-state index contributed by atoms with van der Waals surface area (Å²) in [5.41, 5.74) is 0. The molecule has 9 atom stereocenters. The molecule has 0 aromatic rings. The minimum Gasteiger partial charge on any atom is -0.394 e. The van der Waals surface area contributed by atoms with Crippen molar-refractivity contribution in [3.63, 3.8) is 0 Å². The van der Waals surface area contributed by atoms with Gasteiger partial charge < -0.3 is 50.5 Å². The molecule has 1 amide bonds. The van der Waals surface area contributed by atoms with Crippen LogP contribution in [0.1, 0.15) is 354 Å². The van der Waals surface area contributed by atoms with Gasteiger partial charge in [-0.3, -0.25) is 4.79 Å². The van der Waals surface area contributed by atoms with Crippen molar-refractivity contribution in [2.75, 3.05) is 13.2 Å². The Kier molecular flexibility index (Phi) is 58.9. The van der Waals surface area contributed by atoms with Crippen molar-refractivity contribution in [3.05, 3.63) is 36.5 Å². The van der Waals surface area contributed by atoms with Gasteiger partial charge in [0.15, 0.2) is 6.29 Å². The van der Waals surface area contributed by atoms with Gasteiger partial charge in [-0.05, 0) is 64.2 Å². The van der Waals surface area contributed by atoms with Crippen molar-refractivity contribution in [2.24, 2.45) is 0 Å². The first kappa shape index (κ1) is 80.3. The molecule has 11 heteroatoms. The fourth-order valence-electron chi connectivity index (χ4n) is 11.8. The number of allylic oxidation sites excluding steroid dienone is 6. The zero-order valence-corrected chi connectivity index (χ0v) is 54.9. The summed E-state index contributed by atoms with van der Waals surface area (Å²) in [6, 6.07) is -1.19. The Morgan fingerprint density at radius 3 is 1.06 bits per heavy atom. The van der Waals surface area contributed by atoms with Crippen molar-refractivity contribution < 1.29 is 50.0 Å². The van der Waals surface area contributed by atoms with Crippen LogP contribution in [0.2, 0.25) is 0 Å². The minimum atomic E-state index is -1.67. The molecule has 0 aromatic heterocycles. The van der Waals surface area contributed by atoms with Crippen LogP contribution >= 0.6 is 0 Å². The summed E-state index contributed by atoms with van der Waals surface area (Å²) in [6.45, 7) is 3.50. The summed E-state index contributed by atoms with van der Waals surface area (Å²) >= 11 is 0. The standard InChI is InChI=1S/C73H139NO10/c1-3-5-7-9-11-13-15-17-19-21-23-25-27-29-31-32-33-34-35-37-38-40-42-44-46-48-50-52-54-56-58-60-65(76)68(78)64(63-83-73-71(81)70(80)69(79)67(62-75)84-73)74-72(82)66(77)61-59-57-55-53-51-49-47-45-43-41-39-36-30-28-26-24-22-20-18-16-14-12-10-8-6-4-2/h37-38,44,46,52,54,64-71,73,75-81H,3-36,39-43,45,47-51,53,55-63H2,1-2H3,(H,74,82)/b38-37+,46-44+,54-52+. The number of aliphatic hydroxyl groups excluding tert-OH is 7. The van der Waals surface area contributed by atoms with E-state index in [0.29, 0.717) is 19.3 Å². The summed E-state index contributed by atoms with van der Waals surface area (Å²) in [4.78, 5) is 13.3. The van der Waals surface area contributed by atoms with E-state index in [4.69, 9.17) is 9.47 Å². The maximum absolute atomic E-state index is 13.3. The number of aliphatic hydroxyl groups is 7. The van der Waals surface area contributed by atoms with Crippen LogP contribution in [0, 0.1) is 0 Å². The highest BCUT2D eigenvalue weighted by Gasteiger charge is 2.44. The first-order valence-corrected chi connectivity index (χ1v) is 36.4. The molecule has 0 bridgehead atoms. The van der Waals surface area contributed by atoms with Gasteiger partial charge in [0.25, 0.3) is 0 Å². The number of ether oxygens (including phenoxy) is 2. The number of carbonyl (C=O) groups is 1. The maximum atomic E-state index is 13.3. The van der Waals surface area contributed by atoms with E-state index in [-0.39, 0.29) is 12.8 Å². The molecule has 1 aliphatic heterocycles. The zero-order valence-electron chi connectivity index (χ0n) is 54.9. The van der Waals surface area contributed by atoms with Crippen LogP contribution in [0.5, 0.6) is 0 Å². The molecule has 1 heterocycles. The van der Waals surface area contributed by atoms with Crippen LogP contribution in [-0.4, -0.2) is 110 Å². The average Bonchev–Trinajstić information content (AvgIpc) is 3.66. The number of unbranched alkanes of at least 4 members (excludes halogenated alkanes) is 46. The lowest BCUT2D eigenvalue weighted by Gasteiger charge is -2.40. The molecular formula is C73H139NO10. The van der Waals surface area contributed by atoms with Gasteiger partial charge in [0.05, 0.1) is 25.4 Å². The number of rotatable bonds is 64. The van der Waals surface area contributed by atoms with E-state index < -0.39 is 74.2 Å². The van der Waals surface area contributed by atoms with Crippen LogP contribution < -0.4 is 5.32 Å². The summed E-state index contributed by atoms with van der Waals surface area (Å²) < 4.78 is 11.2. The summed E-state index contributed by atoms with van der Waals surface area (Å²) in [7, 11) is 0. The first-order valence-electron chi connectivity index (χ1n) is 36.4. The Morgan fingerprint density at radius 1 is 0.405 bits per heavy atom. The largest absolute Gasteiger partial charge is 0.394 e. The molecule has 1 fully saturated rings. The van der Waals surface area contributed by atoms with Gasteiger partial charge in [-0.2, -0.15) is 0 Å². The number of hydrogen-bond donors (Lipinski definition) is 8. The summed E-state index contributed by atoms with van der Waals surface area (Å²) in [5, 5.41) is 76.5. The van der Waals surface area contributed by atoms with Gasteiger partial charge in [0, 0.05) is 0 Å². The second kappa shape index (κ2) is 61.6. The second-order valence-corrected chi connectivity index (χ2v) is 25.6. The van der Waals surface area contributed by atoms with Crippen LogP contribution in [0.3, 0.4) is 0 Å². The lowest BCUT2D eigenvalue weighted by atomic mass is 9.98. The Morgan fingerprint density at radius 2 is 0.714 bits per heavy atom. The Bertz CT molecular complexity index is 1460. The van der Waals surface area contributed by atoms with E-state index in [1.165, 1.54) is 263 Å². The SMILES string of the molecule is CCCCCCCCCCCCCCCCCCCC/C=C/CC/C=C/CC/C=C/CCCC(O)C(O)C(COC1OC(CO)C(O)C(O)C1O)NC(=O)C(O)CCCCCCCCCCCCCCCCCCCCCCCCCCCC. The van der Waals surface area contributed by atoms with Gasteiger partial charge >= 0.3 is 0 Å². The molecule has 0 radical (unpaired) electrons. The molecule has 0 aromatic carbocycles. The highest BCUT2D eigenvalue weighted by atomic mass is 16.7. The molecule has 0 spiro atoms. The summed E-state index contributed by atoms with van der Waals surface area (Å²) in [5.74, 6) is -0.706. The molecule has 11 nitrogen and oxygen atoms in total. The van der Waals surface area contributed by atoms with Crippen LogP contribution in [-0.2, 0) is 14.3 Å². The third-order valence-corrected chi connectivity index (χ3v) is 17.7. The molecule has 496 valence electrons. The van der Waals surface area contributed by atoms with Crippen molar-refractivity contribution in [1.82, 2.24) is 5.32 Å². The van der Waals surface area contributed by atoms with E-state index in [1.54, 1.807) is 0 Å². The molecule has 1 saturated heterocycles. The topological polar surface area (TPSA) is 189 Å². The highest BCUT2D eigenvalue weighted by molar-refractivity contribution is 5.80. The number of carbonyl (C=O) groups excluding carboxylic acids is 1. The fraction of sp³-hybridized carbons (Fsp3) is 0.904. The normalized spacial score (nSPS) is 19.1. The first-order chi connectivity index (χ1) is 41.2. The molecular weight excluding hydrogens is 1050 g/mol. The third-order valence-electron chi connectivity index (χ3n) is 17.7. The Hall–Kier alpha value is -1.67. The molecule has 84 heavy (non-hydrogen) atoms. The van der Waals surface area contributed by atoms with Gasteiger partial charge in [-0.25, -0.2) is 0 Å². The van der Waals surface area contributed by atoms with Crippen LogP contribution in [0.25, 0.3) is 0 Å². The second-order valence-electron chi connectivity index (χ2n) is 25.6. The smallest absolute Gasteiger partial charge is 0.249 e. The number of hydrogen-bond acceptors (Lipinski definition) is 10. The van der Waals surface area contributed by atoms with Gasteiger partial charge in [0.2, 0.25) is 5.91 Å². The Labute approximate surface area is 517 Å². The molecule has 8 N–H and O–H groups in total. The van der Waals surface area contributed by atoms with Gasteiger partial charge in [-0.1, -0.05) is 326 Å². The molecule has 0 saturated carbocycles. The molecule has 1 rings (SSSR count). The third kappa shape index (κ3) is 48.3. The zero-order chi connectivity index (χ0) is 61.0. The predicted molar refractivity (Wildman–Crippen MR) is 353 cm³/mol. The van der Waals surface area contributed by atoms with E-state index in [2.05, 4.69) is 55.6 Å². The van der Waals surface area contributed by atoms with Gasteiger partial charge in [0.1, 0.15) is 36.6 Å². The van der Waals surface area contributed by atoms with Crippen LogP contribution in [0.15, 0.2) is 36.5 Å². The molecule has 1 aliphatic rings. The van der Waals surface area contributed by atoms with E-state index in [9.17, 15) is 40.5 Å². The molecule has 0 aliphatic carbocycles. The number of nitrogens with one attached hydrogen (secondary N) is 1. The summed E-state index contributed by atoms with van der Waals surface area (Å²) in [6.07, 6.45) is 68.1. The van der Waals surface area contributed by atoms with Gasteiger partial charge in [-0.15, -0.1) is 0 Å². The molecule has 9 unspecified atom stereocenters. The van der Waals surface area contributed by atoms with Crippen molar-refractivity contribution in [3.8, 4) is 0 Å². The average molecular weight is 1190 g/mol. The quantitative estimate of drug-likeness (QED) is 0.0215. The number of amides is 1. The van der Waals surface area contributed by atoms with E-state index in [1.807, 2.05) is 0 Å².